The molecule has 7 nitrogen and oxygen atoms in total. The predicted octanol–water partition coefficient (Wildman–Crippen LogP) is 2.01. The second-order valence-electron chi connectivity index (χ2n) is 5.70. The Labute approximate surface area is 139 Å². The molecule has 0 amide bonds. The van der Waals surface area contributed by atoms with Crippen LogP contribution in [0, 0.1) is 0 Å². The van der Waals surface area contributed by atoms with Gasteiger partial charge in [0.05, 0.1) is 7.11 Å². The van der Waals surface area contributed by atoms with Crippen LogP contribution >= 0.6 is 11.6 Å². The summed E-state index contributed by atoms with van der Waals surface area (Å²) in [7, 11) is 3.23. The lowest BCUT2D eigenvalue weighted by Crippen LogP contribution is -2.22. The molecule has 0 saturated heterocycles. The van der Waals surface area contributed by atoms with Crippen molar-refractivity contribution in [1.82, 2.24) is 15.0 Å². The van der Waals surface area contributed by atoms with E-state index in [1.54, 1.807) is 46.0 Å². The number of rotatable bonds is 5. The van der Waals surface area contributed by atoms with Gasteiger partial charge in [-0.05, 0) is 35.9 Å². The van der Waals surface area contributed by atoms with Crippen LogP contribution in [-0.2, 0) is 4.79 Å². The van der Waals surface area contributed by atoms with E-state index in [0.717, 1.165) is 0 Å². The molecule has 0 aliphatic heterocycles. The second-order valence-corrected chi connectivity index (χ2v) is 6.04. The molecule has 1 heterocycles. The van der Waals surface area contributed by atoms with Crippen molar-refractivity contribution in [3.63, 3.8) is 0 Å². The first kappa shape index (κ1) is 17.0. The molecular formula is C14H16BClN4O3. The summed E-state index contributed by atoms with van der Waals surface area (Å²) in [6.07, 6.45) is 0. The van der Waals surface area contributed by atoms with Crippen molar-refractivity contribution >= 4 is 37.1 Å². The number of anilines is 2. The lowest BCUT2D eigenvalue weighted by atomic mass is 9.73. The summed E-state index contributed by atoms with van der Waals surface area (Å²) in [6, 6.07) is 6.92. The number of nitrogens with one attached hydrogen (secondary N) is 1. The minimum absolute atomic E-state index is 0.0232. The minimum atomic E-state index is -0.560. The molecule has 1 N–H and O–H groups in total. The molecule has 0 unspecified atom stereocenters. The second kappa shape index (κ2) is 6.83. The quantitative estimate of drug-likeness (QED) is 0.508. The number of ether oxygens (including phenoxy) is 2. The maximum Gasteiger partial charge on any atom is 0.322 e. The molecule has 1 aromatic carbocycles. The van der Waals surface area contributed by atoms with E-state index in [0.29, 0.717) is 11.4 Å². The summed E-state index contributed by atoms with van der Waals surface area (Å²) in [5.74, 6) is 0.412. The van der Waals surface area contributed by atoms with Gasteiger partial charge in [-0.2, -0.15) is 15.0 Å². The SMILES string of the molecule is BC(C)(C)C(=O)Oc1ccc(Nc2nc(Cl)nc(OC)n2)cc1. The average molecular weight is 335 g/mol. The Bertz CT molecular complexity index is 704. The highest BCUT2D eigenvalue weighted by Gasteiger charge is 2.23. The van der Waals surface area contributed by atoms with E-state index in [2.05, 4.69) is 20.3 Å². The first-order chi connectivity index (χ1) is 10.8. The Morgan fingerprint density at radius 3 is 2.43 bits per heavy atom. The zero-order chi connectivity index (χ0) is 17.0. The largest absolute Gasteiger partial charge is 0.467 e. The maximum atomic E-state index is 11.8. The summed E-state index contributed by atoms with van der Waals surface area (Å²) in [5.41, 5.74) is 0.699. The lowest BCUT2D eigenvalue weighted by molar-refractivity contribution is -0.136. The number of hydrogen-bond donors (Lipinski definition) is 1. The van der Waals surface area contributed by atoms with Gasteiger partial charge in [-0.3, -0.25) is 4.79 Å². The fourth-order valence-corrected chi connectivity index (χ4v) is 1.63. The predicted molar refractivity (Wildman–Crippen MR) is 89.3 cm³/mol. The van der Waals surface area contributed by atoms with Crippen molar-refractivity contribution < 1.29 is 14.3 Å². The van der Waals surface area contributed by atoms with E-state index in [4.69, 9.17) is 21.1 Å². The Hall–Kier alpha value is -2.35. The molecule has 0 spiro atoms. The number of carbonyl (C=O) groups is 1. The van der Waals surface area contributed by atoms with Gasteiger partial charge in [-0.15, -0.1) is 0 Å². The highest BCUT2D eigenvalue weighted by molar-refractivity contribution is 6.28. The number of carbonyl (C=O) groups excluding carboxylic acids is 1. The van der Waals surface area contributed by atoms with Crippen molar-refractivity contribution in [3.8, 4) is 11.8 Å². The lowest BCUT2D eigenvalue weighted by Gasteiger charge is -2.16. The monoisotopic (exact) mass is 334 g/mol. The van der Waals surface area contributed by atoms with Gasteiger partial charge in [0.1, 0.15) is 13.6 Å². The molecule has 0 aliphatic carbocycles. The highest BCUT2D eigenvalue weighted by atomic mass is 35.5. The number of nitrogens with zero attached hydrogens (tertiary/aromatic N) is 3. The zero-order valence-corrected chi connectivity index (χ0v) is 14.0. The van der Waals surface area contributed by atoms with Gasteiger partial charge in [0.25, 0.3) is 0 Å². The van der Waals surface area contributed by atoms with E-state index in [-0.39, 0.29) is 23.2 Å². The molecule has 1 aromatic heterocycles. The van der Waals surface area contributed by atoms with Crippen LogP contribution in [0.4, 0.5) is 11.6 Å². The molecule has 0 bridgehead atoms. The fourth-order valence-electron chi connectivity index (χ4n) is 1.47. The normalized spacial score (nSPS) is 11.0. The van der Waals surface area contributed by atoms with Gasteiger partial charge < -0.3 is 14.8 Å². The van der Waals surface area contributed by atoms with Crippen LogP contribution in [0.15, 0.2) is 24.3 Å². The zero-order valence-electron chi connectivity index (χ0n) is 13.3. The maximum absolute atomic E-state index is 11.8. The van der Waals surface area contributed by atoms with E-state index < -0.39 is 5.31 Å². The summed E-state index contributed by atoms with van der Waals surface area (Å²) in [6.45, 7) is 3.59. The Morgan fingerprint density at radius 1 is 1.22 bits per heavy atom. The molecule has 23 heavy (non-hydrogen) atoms. The number of aromatic nitrogens is 3. The number of methoxy groups -OCH3 is 1. The number of halogens is 1. The molecule has 0 radical (unpaired) electrons. The smallest absolute Gasteiger partial charge is 0.322 e. The molecule has 120 valence electrons. The van der Waals surface area contributed by atoms with Crippen molar-refractivity contribution in [1.29, 1.82) is 0 Å². The topological polar surface area (TPSA) is 86.2 Å². The molecule has 2 aromatic rings. The summed E-state index contributed by atoms with van der Waals surface area (Å²) in [5, 5.41) is 2.43. The number of hydrogen-bond acceptors (Lipinski definition) is 7. The van der Waals surface area contributed by atoms with Gasteiger partial charge in [0.2, 0.25) is 11.2 Å². The van der Waals surface area contributed by atoms with Gasteiger partial charge in [0, 0.05) is 11.0 Å². The van der Waals surface area contributed by atoms with E-state index in [1.807, 2.05) is 0 Å². The molecule has 2 rings (SSSR count). The molecule has 0 saturated carbocycles. The summed E-state index contributed by atoms with van der Waals surface area (Å²) < 4.78 is 10.2. The van der Waals surface area contributed by atoms with Crippen molar-refractivity contribution in [2.24, 2.45) is 0 Å². The number of esters is 1. The van der Waals surface area contributed by atoms with Crippen molar-refractivity contribution in [2.75, 3.05) is 12.4 Å². The third kappa shape index (κ3) is 4.82. The van der Waals surface area contributed by atoms with Crippen LogP contribution < -0.4 is 14.8 Å². The fraction of sp³-hybridized carbons (Fsp3) is 0.286. The van der Waals surface area contributed by atoms with Crippen LogP contribution in [-0.4, -0.2) is 35.9 Å². The Kier molecular flexibility index (Phi) is 5.05. The van der Waals surface area contributed by atoms with Gasteiger partial charge >= 0.3 is 12.0 Å². The third-order valence-electron chi connectivity index (χ3n) is 2.70. The van der Waals surface area contributed by atoms with Crippen LogP contribution in [0.2, 0.25) is 10.6 Å². The van der Waals surface area contributed by atoms with Crippen LogP contribution in [0.25, 0.3) is 0 Å². The van der Waals surface area contributed by atoms with Crippen LogP contribution in [0.3, 0.4) is 0 Å². The minimum Gasteiger partial charge on any atom is -0.467 e. The molecular weight excluding hydrogens is 318 g/mol. The van der Waals surface area contributed by atoms with Gasteiger partial charge in [0.15, 0.2) is 0 Å². The van der Waals surface area contributed by atoms with Crippen molar-refractivity contribution in [3.05, 3.63) is 29.5 Å². The highest BCUT2D eigenvalue weighted by Crippen LogP contribution is 2.24. The Balaban J connectivity index is 2.08. The summed E-state index contributed by atoms with van der Waals surface area (Å²) >= 11 is 5.78. The summed E-state index contributed by atoms with van der Waals surface area (Å²) in [4.78, 5) is 23.6. The molecule has 0 fully saturated rings. The van der Waals surface area contributed by atoms with E-state index in [1.165, 1.54) is 7.11 Å². The molecule has 9 heteroatoms. The van der Waals surface area contributed by atoms with E-state index in [9.17, 15) is 4.79 Å². The molecule has 0 atom stereocenters. The standard InChI is InChI=1S/C14H16BClN4O3/c1-14(2,15)10(21)23-9-6-4-8(5-7-9)17-12-18-11(16)19-13(20-12)22-3/h4-7H,15H2,1-3H3,(H,17,18,19,20). The number of benzene rings is 1. The first-order valence-corrected chi connectivity index (χ1v) is 7.20. The molecule has 0 aliphatic rings. The first-order valence-electron chi connectivity index (χ1n) is 6.83. The Morgan fingerprint density at radius 2 is 1.87 bits per heavy atom. The average Bonchev–Trinajstić information content (AvgIpc) is 2.47. The van der Waals surface area contributed by atoms with Gasteiger partial charge in [-0.1, -0.05) is 13.8 Å². The van der Waals surface area contributed by atoms with E-state index >= 15 is 0 Å². The van der Waals surface area contributed by atoms with Crippen LogP contribution in [0.5, 0.6) is 11.8 Å². The van der Waals surface area contributed by atoms with Gasteiger partial charge in [-0.25, -0.2) is 0 Å². The van der Waals surface area contributed by atoms with Crippen molar-refractivity contribution in [2.45, 2.75) is 19.2 Å². The third-order valence-corrected chi connectivity index (χ3v) is 2.87. The van der Waals surface area contributed by atoms with Crippen LogP contribution in [0.1, 0.15) is 13.8 Å².